The fourth-order valence-electron chi connectivity index (χ4n) is 6.86. The lowest BCUT2D eigenvalue weighted by atomic mass is 9.67. The van der Waals surface area contributed by atoms with Gasteiger partial charge in [0.1, 0.15) is 6.54 Å². The highest BCUT2D eigenvalue weighted by Gasteiger charge is 2.83. The van der Waals surface area contributed by atoms with Crippen LogP contribution in [0, 0.1) is 0 Å². The normalized spacial score (nSPS) is 27.9. The molecule has 1 aromatic heterocycles. The van der Waals surface area contributed by atoms with Gasteiger partial charge in [-0.25, -0.2) is 18.4 Å². The number of quaternary nitrogens is 1. The van der Waals surface area contributed by atoms with E-state index in [1.54, 1.807) is 7.05 Å². The first-order chi connectivity index (χ1) is 21.4. The van der Waals surface area contributed by atoms with Gasteiger partial charge in [-0.1, -0.05) is 18.2 Å². The highest BCUT2D eigenvalue weighted by molar-refractivity contribution is 6.25. The van der Waals surface area contributed by atoms with Crippen LogP contribution in [0.4, 0.5) is 24.1 Å². The van der Waals surface area contributed by atoms with Gasteiger partial charge in [-0.2, -0.15) is 9.28 Å². The maximum atomic E-state index is 18.3. The second-order valence-corrected chi connectivity index (χ2v) is 12.3. The van der Waals surface area contributed by atoms with Crippen molar-refractivity contribution in [3.05, 3.63) is 53.3 Å². The highest BCUT2D eigenvalue weighted by Crippen LogP contribution is 2.59. The van der Waals surface area contributed by atoms with E-state index in [-0.39, 0.29) is 23.0 Å². The number of fused-ring (bicyclic) bond motifs is 1. The molecule has 2 aromatic rings. The first kappa shape index (κ1) is 34.5. The van der Waals surface area contributed by atoms with Gasteiger partial charge < -0.3 is 37.2 Å². The molecule has 4 rings (SSSR count). The first-order valence-electron chi connectivity index (χ1n) is 14.0. The minimum atomic E-state index is -3.71. The Bertz CT molecular complexity index is 1710. The SMILES string of the molecule is CN(C)CCN(C)CC1=CC(Cl)C(F)([C@]2(C(=O)O)C[C@@H](F)C[N+]2(C(=O)O)c2c(C(N)=O)n(C(N)=O)c3ccccc23)C(C(N)=O)=C1. The van der Waals surface area contributed by atoms with Crippen molar-refractivity contribution >= 4 is 58.1 Å². The van der Waals surface area contributed by atoms with E-state index in [0.29, 0.717) is 17.7 Å². The molecule has 1 saturated heterocycles. The number of amides is 4. The molecule has 1 fully saturated rings. The minimum absolute atomic E-state index is 0.104. The van der Waals surface area contributed by atoms with Crippen LogP contribution in [0.2, 0.25) is 0 Å². The Kier molecular flexibility index (Phi) is 9.07. The molecule has 17 heteroatoms. The van der Waals surface area contributed by atoms with E-state index < -0.39 is 87.1 Å². The Morgan fingerprint density at radius 3 is 2.22 bits per heavy atom. The number of carbonyl (C=O) groups is 5. The second-order valence-electron chi connectivity index (χ2n) is 11.8. The van der Waals surface area contributed by atoms with E-state index in [0.717, 1.165) is 12.2 Å². The van der Waals surface area contributed by atoms with Gasteiger partial charge in [0.15, 0.2) is 17.6 Å². The number of halogens is 3. The van der Waals surface area contributed by atoms with Crippen LogP contribution in [-0.4, -0.2) is 125 Å². The monoisotopic (exact) mass is 666 g/mol. The van der Waals surface area contributed by atoms with Crippen molar-refractivity contribution in [2.45, 2.75) is 29.2 Å². The Hall–Kier alpha value is -4.38. The number of alkyl halides is 3. The van der Waals surface area contributed by atoms with E-state index >= 15 is 8.78 Å². The molecular formula is C29H35ClF2N7O7+. The van der Waals surface area contributed by atoms with Gasteiger partial charge in [0, 0.05) is 19.6 Å². The van der Waals surface area contributed by atoms with Crippen molar-refractivity contribution in [3.63, 3.8) is 0 Å². The van der Waals surface area contributed by atoms with Crippen LogP contribution >= 0.6 is 11.6 Å². The van der Waals surface area contributed by atoms with Gasteiger partial charge in [0.25, 0.3) is 11.4 Å². The second kappa shape index (κ2) is 12.1. The van der Waals surface area contributed by atoms with E-state index in [1.165, 1.54) is 24.3 Å². The number of carboxylic acid groups (broad SMARTS) is 2. The molecule has 0 radical (unpaired) electrons. The average Bonchev–Trinajstić information content (AvgIpc) is 3.48. The molecule has 4 amide bonds. The number of carboxylic acids is 1. The van der Waals surface area contributed by atoms with Gasteiger partial charge in [0.2, 0.25) is 11.6 Å². The fourth-order valence-corrected chi connectivity index (χ4v) is 7.32. The molecule has 0 bridgehead atoms. The average molecular weight is 667 g/mol. The molecule has 2 heterocycles. The largest absolute Gasteiger partial charge is 0.519 e. The van der Waals surface area contributed by atoms with Crippen molar-refractivity contribution in [2.24, 2.45) is 17.2 Å². The summed E-state index contributed by atoms with van der Waals surface area (Å²) in [5.41, 5.74) is 6.94. The van der Waals surface area contributed by atoms with E-state index in [2.05, 4.69) is 0 Å². The van der Waals surface area contributed by atoms with Gasteiger partial charge in [-0.15, -0.1) is 11.6 Å². The van der Waals surface area contributed by atoms with Crippen LogP contribution in [0.15, 0.2) is 47.6 Å². The maximum absolute atomic E-state index is 18.3. The molecule has 0 spiro atoms. The number of carbonyl (C=O) groups excluding carboxylic acids is 3. The van der Waals surface area contributed by atoms with Gasteiger partial charge >= 0.3 is 18.1 Å². The molecule has 5 atom stereocenters. The number of aliphatic carboxylic acids is 1. The summed E-state index contributed by atoms with van der Waals surface area (Å²) in [6, 6.07) is 3.91. The zero-order valence-electron chi connectivity index (χ0n) is 25.2. The van der Waals surface area contributed by atoms with E-state index in [9.17, 15) is 34.2 Å². The van der Waals surface area contributed by atoms with Crippen LogP contribution in [-0.2, 0) is 9.59 Å². The van der Waals surface area contributed by atoms with Crippen molar-refractivity contribution in [1.29, 1.82) is 0 Å². The Morgan fingerprint density at radius 2 is 1.70 bits per heavy atom. The predicted molar refractivity (Wildman–Crippen MR) is 165 cm³/mol. The molecule has 248 valence electrons. The molecule has 8 N–H and O–H groups in total. The highest BCUT2D eigenvalue weighted by atomic mass is 35.5. The van der Waals surface area contributed by atoms with Crippen LogP contribution in [0.1, 0.15) is 16.9 Å². The zero-order valence-corrected chi connectivity index (χ0v) is 26.0. The number of nitrogens with two attached hydrogens (primary N) is 3. The Labute approximate surface area is 266 Å². The van der Waals surface area contributed by atoms with Gasteiger partial charge in [-0.3, -0.25) is 14.2 Å². The molecular weight excluding hydrogens is 632 g/mol. The smallest absolute Gasteiger partial charge is 0.476 e. The Morgan fingerprint density at radius 1 is 1.07 bits per heavy atom. The molecule has 14 nitrogen and oxygen atoms in total. The number of hydrogen-bond donors (Lipinski definition) is 5. The number of likely N-dealkylation sites (tertiary alicyclic amines) is 1. The molecule has 1 aliphatic carbocycles. The van der Waals surface area contributed by atoms with Crippen molar-refractivity contribution < 1.29 is 43.0 Å². The lowest BCUT2D eigenvalue weighted by Crippen LogP contribution is -2.79. The summed E-state index contributed by atoms with van der Waals surface area (Å²) in [5.74, 6) is -5.13. The van der Waals surface area contributed by atoms with Crippen LogP contribution in [0.3, 0.4) is 0 Å². The topological polar surface area (TPSA) is 215 Å². The standard InChI is InChI=1S/C29H34ClF2N7O7/c1-36(2)8-9-37(3)13-15-10-18(23(33)40)29(32,20(30)11-15)28(25(42)43)12-16(31)14-39(28,27(45)46)22-17-6-4-5-7-19(17)38(26(35)44)21(22)24(34)41/h4-7,10-11,16,20H,8-9,12-14H2,1-3H3,(H7-,33,34,35,40,41,42,43,44,45,46)/p+1/t16-,20?,28-,29?,39?/m1/s1. The molecule has 0 saturated carbocycles. The van der Waals surface area contributed by atoms with Crippen molar-refractivity contribution in [1.82, 2.24) is 18.8 Å². The number of primary amides is 3. The fraction of sp³-hybridized carbons (Fsp3) is 0.414. The number of para-hydroxylation sites is 1. The molecule has 3 unspecified atom stereocenters. The maximum Gasteiger partial charge on any atom is 0.519 e. The van der Waals surface area contributed by atoms with Gasteiger partial charge in [-0.05, 0) is 44.9 Å². The van der Waals surface area contributed by atoms with Crippen molar-refractivity contribution in [2.75, 3.05) is 47.3 Å². The lowest BCUT2D eigenvalue weighted by molar-refractivity contribution is -0.157. The number of nitrogens with zero attached hydrogens (tertiary/aromatic N) is 4. The third kappa shape index (κ3) is 4.92. The summed E-state index contributed by atoms with van der Waals surface area (Å²) >= 11 is 6.64. The third-order valence-electron chi connectivity index (χ3n) is 8.72. The predicted octanol–water partition coefficient (Wildman–Crippen LogP) is 1.38. The number of likely N-dealkylation sites (N-methyl/N-ethyl adjacent to an activating group) is 2. The van der Waals surface area contributed by atoms with Crippen LogP contribution < -0.4 is 21.7 Å². The van der Waals surface area contributed by atoms with Gasteiger partial charge in [0.05, 0.1) is 28.3 Å². The minimum Gasteiger partial charge on any atom is -0.476 e. The van der Waals surface area contributed by atoms with Crippen LogP contribution in [0.5, 0.6) is 0 Å². The number of aromatic nitrogens is 1. The molecule has 2 aliphatic rings. The van der Waals surface area contributed by atoms with Crippen LogP contribution in [0.25, 0.3) is 10.9 Å². The number of rotatable bonds is 10. The summed E-state index contributed by atoms with van der Waals surface area (Å²) in [5, 5.41) is 19.6. The van der Waals surface area contributed by atoms with E-state index in [1.807, 2.05) is 23.9 Å². The summed E-state index contributed by atoms with van der Waals surface area (Å²) in [6.07, 6.45) is -3.72. The summed E-state index contributed by atoms with van der Waals surface area (Å²) in [7, 11) is 5.44. The molecule has 1 aliphatic heterocycles. The summed E-state index contributed by atoms with van der Waals surface area (Å²) in [6.45, 7) is -0.00108. The van der Waals surface area contributed by atoms with Crippen molar-refractivity contribution in [3.8, 4) is 0 Å². The first-order valence-corrected chi connectivity index (χ1v) is 14.4. The quantitative estimate of drug-likeness (QED) is 0.183. The van der Waals surface area contributed by atoms with E-state index in [4.69, 9.17) is 28.8 Å². The number of benzene rings is 1. The summed E-state index contributed by atoms with van der Waals surface area (Å²) in [4.78, 5) is 69.5. The Balaban J connectivity index is 2.11. The number of hydrogen-bond acceptors (Lipinski definition) is 7. The lowest BCUT2D eigenvalue weighted by Gasteiger charge is -2.50. The number of allylic oxidation sites excluding steroid dienone is 1. The molecule has 46 heavy (non-hydrogen) atoms. The summed E-state index contributed by atoms with van der Waals surface area (Å²) < 4.78 is 32.5. The molecule has 1 aromatic carbocycles. The third-order valence-corrected chi connectivity index (χ3v) is 9.14. The zero-order chi connectivity index (χ0) is 34.5.